The second-order valence-electron chi connectivity index (χ2n) is 7.30. The van der Waals surface area contributed by atoms with Crippen LogP contribution < -0.4 is 4.74 Å². The van der Waals surface area contributed by atoms with Gasteiger partial charge in [0.05, 0.1) is 35.6 Å². The van der Waals surface area contributed by atoms with Gasteiger partial charge < -0.3 is 9.72 Å². The van der Waals surface area contributed by atoms with Crippen molar-refractivity contribution in [2.45, 2.75) is 0 Å². The zero-order chi connectivity index (χ0) is 21.5. The van der Waals surface area contributed by atoms with E-state index in [9.17, 15) is 0 Å². The van der Waals surface area contributed by atoms with Gasteiger partial charge in [0, 0.05) is 29.7 Å². The fourth-order valence-electron chi connectivity index (χ4n) is 3.79. The van der Waals surface area contributed by atoms with Crippen molar-refractivity contribution in [3.8, 4) is 39.7 Å². The Bertz CT molecular complexity index is 1570. The summed E-state index contributed by atoms with van der Waals surface area (Å²) < 4.78 is 5.37. The molecular formula is C24H17N7O. The molecule has 5 heterocycles. The molecule has 0 radical (unpaired) electrons. The third kappa shape index (κ3) is 2.97. The van der Waals surface area contributed by atoms with E-state index in [0.29, 0.717) is 11.5 Å². The van der Waals surface area contributed by atoms with Crippen molar-refractivity contribution in [1.82, 2.24) is 35.1 Å². The summed E-state index contributed by atoms with van der Waals surface area (Å²) in [4.78, 5) is 21.5. The average molecular weight is 419 g/mol. The van der Waals surface area contributed by atoms with Crippen LogP contribution in [0.2, 0.25) is 0 Å². The lowest BCUT2D eigenvalue weighted by atomic mass is 10.1. The van der Waals surface area contributed by atoms with Gasteiger partial charge in [-0.25, -0.2) is 9.97 Å². The summed E-state index contributed by atoms with van der Waals surface area (Å²) in [5.74, 6) is 1.41. The average Bonchev–Trinajstić information content (AvgIpc) is 3.48. The van der Waals surface area contributed by atoms with Crippen molar-refractivity contribution in [3.05, 3.63) is 73.3 Å². The molecule has 154 valence electrons. The first kappa shape index (κ1) is 18.2. The van der Waals surface area contributed by atoms with E-state index < -0.39 is 0 Å². The number of aromatic amines is 2. The summed E-state index contributed by atoms with van der Waals surface area (Å²) in [6, 6.07) is 15.6. The van der Waals surface area contributed by atoms with E-state index in [4.69, 9.17) is 14.7 Å². The highest BCUT2D eigenvalue weighted by molar-refractivity contribution is 5.95. The summed E-state index contributed by atoms with van der Waals surface area (Å²) in [5.41, 5.74) is 7.59. The summed E-state index contributed by atoms with van der Waals surface area (Å²) in [5, 5.41) is 7.55. The van der Waals surface area contributed by atoms with Gasteiger partial charge in [-0.2, -0.15) is 5.10 Å². The van der Waals surface area contributed by atoms with Gasteiger partial charge in [0.15, 0.2) is 11.5 Å². The van der Waals surface area contributed by atoms with Crippen LogP contribution in [-0.2, 0) is 0 Å². The first-order valence-electron chi connectivity index (χ1n) is 10.0. The van der Waals surface area contributed by atoms with Crippen molar-refractivity contribution in [2.24, 2.45) is 0 Å². The number of aromatic nitrogens is 7. The maximum atomic E-state index is 5.37. The molecule has 0 aliphatic rings. The van der Waals surface area contributed by atoms with E-state index in [1.807, 2.05) is 54.7 Å². The Hall–Kier alpha value is -4.59. The monoisotopic (exact) mass is 419 g/mol. The van der Waals surface area contributed by atoms with Crippen molar-refractivity contribution in [1.29, 1.82) is 0 Å². The molecule has 6 rings (SSSR count). The van der Waals surface area contributed by atoms with Gasteiger partial charge >= 0.3 is 0 Å². The minimum absolute atomic E-state index is 0.628. The number of pyridine rings is 3. The molecule has 1 aromatic carbocycles. The summed E-state index contributed by atoms with van der Waals surface area (Å²) in [7, 11) is 1.65. The number of H-pyrrole nitrogens is 2. The summed E-state index contributed by atoms with van der Waals surface area (Å²) in [6.07, 6.45) is 7.08. The van der Waals surface area contributed by atoms with E-state index in [2.05, 4.69) is 25.1 Å². The smallest absolute Gasteiger partial charge is 0.161 e. The Kier molecular flexibility index (Phi) is 4.14. The lowest BCUT2D eigenvalue weighted by molar-refractivity contribution is 0.415. The van der Waals surface area contributed by atoms with Crippen molar-refractivity contribution in [3.63, 3.8) is 0 Å². The molecule has 6 aromatic rings. The lowest BCUT2D eigenvalue weighted by Crippen LogP contribution is -1.87. The topological polar surface area (TPSA) is 105 Å². The normalized spacial score (nSPS) is 11.3. The van der Waals surface area contributed by atoms with Crippen molar-refractivity contribution < 1.29 is 4.74 Å². The van der Waals surface area contributed by atoms with Crippen LogP contribution in [0.25, 0.3) is 56.0 Å². The van der Waals surface area contributed by atoms with E-state index in [-0.39, 0.29) is 0 Å². The number of hydrogen-bond donors (Lipinski definition) is 2. The number of nitrogens with zero attached hydrogens (tertiary/aromatic N) is 5. The predicted molar refractivity (Wildman–Crippen MR) is 122 cm³/mol. The zero-order valence-electron chi connectivity index (χ0n) is 17.1. The van der Waals surface area contributed by atoms with Crippen LogP contribution in [0.5, 0.6) is 5.75 Å². The summed E-state index contributed by atoms with van der Waals surface area (Å²) >= 11 is 0. The highest BCUT2D eigenvalue weighted by Gasteiger charge is 2.17. The van der Waals surface area contributed by atoms with E-state index >= 15 is 0 Å². The van der Waals surface area contributed by atoms with Crippen LogP contribution in [0, 0.1) is 0 Å². The molecule has 0 aliphatic carbocycles. The molecule has 2 N–H and O–H groups in total. The molecule has 8 nitrogen and oxygen atoms in total. The molecule has 0 bridgehead atoms. The Morgan fingerprint density at radius 3 is 2.59 bits per heavy atom. The third-order valence-corrected chi connectivity index (χ3v) is 5.38. The van der Waals surface area contributed by atoms with Gasteiger partial charge in [0.25, 0.3) is 0 Å². The zero-order valence-corrected chi connectivity index (χ0v) is 17.1. The fourth-order valence-corrected chi connectivity index (χ4v) is 3.79. The molecule has 0 saturated heterocycles. The Morgan fingerprint density at radius 1 is 0.812 bits per heavy atom. The Balaban J connectivity index is 1.50. The number of nitrogens with one attached hydrogen (secondary N) is 2. The van der Waals surface area contributed by atoms with Gasteiger partial charge in [-0.15, -0.1) is 0 Å². The maximum absolute atomic E-state index is 5.37. The van der Waals surface area contributed by atoms with E-state index in [0.717, 1.165) is 50.2 Å². The number of methoxy groups -OCH3 is 1. The van der Waals surface area contributed by atoms with Crippen molar-refractivity contribution in [2.75, 3.05) is 7.11 Å². The van der Waals surface area contributed by atoms with Crippen LogP contribution in [0.1, 0.15) is 0 Å². The maximum Gasteiger partial charge on any atom is 0.161 e. The van der Waals surface area contributed by atoms with E-state index in [1.54, 1.807) is 25.7 Å². The van der Waals surface area contributed by atoms with Crippen LogP contribution in [0.3, 0.4) is 0 Å². The molecule has 0 spiro atoms. The molecule has 0 atom stereocenters. The number of hydrogen-bond acceptors (Lipinski definition) is 6. The van der Waals surface area contributed by atoms with Crippen LogP contribution in [0.15, 0.2) is 73.3 Å². The summed E-state index contributed by atoms with van der Waals surface area (Å²) in [6.45, 7) is 0. The lowest BCUT2D eigenvalue weighted by Gasteiger charge is -2.04. The molecule has 0 amide bonds. The highest BCUT2D eigenvalue weighted by Crippen LogP contribution is 2.32. The van der Waals surface area contributed by atoms with Gasteiger partial charge in [-0.05, 0) is 42.0 Å². The van der Waals surface area contributed by atoms with Gasteiger partial charge in [0.1, 0.15) is 11.3 Å². The van der Waals surface area contributed by atoms with Gasteiger partial charge in [0.2, 0.25) is 0 Å². The molecule has 0 unspecified atom stereocenters. The molecule has 0 fully saturated rings. The quantitative estimate of drug-likeness (QED) is 0.431. The second-order valence-corrected chi connectivity index (χ2v) is 7.30. The SMILES string of the molecule is COc1cccc(-c2cncc3[nH]c(-c4n[nH]c5ccc(-c6ccncc6)nc45)nc23)c1. The first-order valence-corrected chi connectivity index (χ1v) is 10.0. The van der Waals surface area contributed by atoms with Crippen LogP contribution in [-0.4, -0.2) is 42.2 Å². The van der Waals surface area contributed by atoms with Gasteiger partial charge in [-0.3, -0.25) is 15.1 Å². The number of rotatable bonds is 4. The minimum atomic E-state index is 0.628. The van der Waals surface area contributed by atoms with Crippen LogP contribution in [0.4, 0.5) is 0 Å². The largest absolute Gasteiger partial charge is 0.497 e. The third-order valence-electron chi connectivity index (χ3n) is 5.38. The molecule has 32 heavy (non-hydrogen) atoms. The van der Waals surface area contributed by atoms with Crippen molar-refractivity contribution >= 4 is 22.1 Å². The Morgan fingerprint density at radius 2 is 1.72 bits per heavy atom. The molecule has 0 aliphatic heterocycles. The number of benzene rings is 1. The molecule has 0 saturated carbocycles. The van der Waals surface area contributed by atoms with E-state index in [1.165, 1.54) is 0 Å². The molecule has 8 heteroatoms. The van der Waals surface area contributed by atoms with Gasteiger partial charge in [-0.1, -0.05) is 12.1 Å². The highest BCUT2D eigenvalue weighted by atomic mass is 16.5. The molecular weight excluding hydrogens is 402 g/mol. The predicted octanol–water partition coefficient (Wildman–Crippen LogP) is 4.63. The number of ether oxygens (including phenoxy) is 1. The number of imidazole rings is 1. The Labute approximate surface area is 182 Å². The molecule has 5 aromatic heterocycles. The second kappa shape index (κ2) is 7.28. The number of fused-ring (bicyclic) bond motifs is 2. The minimum Gasteiger partial charge on any atom is -0.497 e. The van der Waals surface area contributed by atoms with Crippen LogP contribution >= 0.6 is 0 Å². The standard InChI is InChI=1S/C24H17N7O/c1-32-16-4-2-3-15(11-16)17-12-26-13-20-21(17)29-24(28-20)23-22-19(30-31-23)6-5-18(27-22)14-7-9-25-10-8-14/h2-13H,1H3,(H,28,29)(H,30,31). The first-order chi connectivity index (χ1) is 15.8. The fraction of sp³-hybridized carbons (Fsp3) is 0.0417.